The molecule has 0 aliphatic carbocycles. The summed E-state index contributed by atoms with van der Waals surface area (Å²) in [6, 6.07) is 0. The molecule has 0 spiro atoms. The van der Waals surface area contributed by atoms with Crippen LogP contribution in [0.5, 0.6) is 0 Å². The van der Waals surface area contributed by atoms with Crippen LogP contribution < -0.4 is 0 Å². The van der Waals surface area contributed by atoms with Crippen molar-refractivity contribution in [1.82, 2.24) is 0 Å². The zero-order valence-electron chi connectivity index (χ0n) is 7.70. The largest absolute Gasteiger partial charge is 0.465 e. The maximum atomic E-state index is 11.0. The summed E-state index contributed by atoms with van der Waals surface area (Å²) < 4.78 is 4.76. The second-order valence-electron chi connectivity index (χ2n) is 3.91. The monoisotopic (exact) mass is 208 g/mol. The zero-order valence-corrected chi connectivity index (χ0v) is 9.49. The van der Waals surface area contributed by atoms with Crippen LogP contribution >= 0.6 is 25.3 Å². The fraction of sp³-hybridized carbons (Fsp3) is 0.875. The van der Waals surface area contributed by atoms with Gasteiger partial charge in [-0.1, -0.05) is 20.8 Å². The molecule has 0 aromatic rings. The number of thiol groups is 2. The predicted molar refractivity (Wildman–Crippen MR) is 56.8 cm³/mol. The lowest BCUT2D eigenvalue weighted by molar-refractivity contribution is -0.145. The summed E-state index contributed by atoms with van der Waals surface area (Å²) in [4.78, 5) is 11.0. The molecule has 0 aliphatic rings. The lowest BCUT2D eigenvalue weighted by Crippen LogP contribution is -2.19. The van der Waals surface area contributed by atoms with Gasteiger partial charge in [0.15, 0.2) is 0 Å². The molecule has 0 saturated heterocycles. The van der Waals surface area contributed by atoms with Crippen molar-refractivity contribution in [3.8, 4) is 0 Å². The Kier molecular flexibility index (Phi) is 5.09. The first-order valence-electron chi connectivity index (χ1n) is 3.83. The Bertz CT molecular complexity index is 150. The van der Waals surface area contributed by atoms with Gasteiger partial charge in [-0.05, 0) is 5.41 Å². The number of ether oxygens (including phenoxy) is 1. The summed E-state index contributed by atoms with van der Waals surface area (Å²) >= 11 is 7.93. The molecule has 0 heterocycles. The molecular weight excluding hydrogens is 192 g/mol. The van der Waals surface area contributed by atoms with Crippen molar-refractivity contribution in [2.24, 2.45) is 5.41 Å². The highest BCUT2D eigenvalue weighted by atomic mass is 32.2. The van der Waals surface area contributed by atoms with Crippen LogP contribution in [0.2, 0.25) is 0 Å². The van der Waals surface area contributed by atoms with E-state index in [1.807, 2.05) is 20.8 Å². The minimum absolute atomic E-state index is 0.0261. The fourth-order valence-electron chi connectivity index (χ4n) is 0.505. The maximum absolute atomic E-state index is 11.0. The van der Waals surface area contributed by atoms with E-state index >= 15 is 0 Å². The van der Waals surface area contributed by atoms with Crippen LogP contribution in [0.1, 0.15) is 27.2 Å². The first-order chi connectivity index (χ1) is 5.31. The van der Waals surface area contributed by atoms with Gasteiger partial charge in [0, 0.05) is 0 Å². The number of hydrogen-bond acceptors (Lipinski definition) is 4. The SMILES string of the molecule is CC(C)(C)COC(=O)CC(S)S. The highest BCUT2D eigenvalue weighted by Crippen LogP contribution is 2.14. The molecule has 0 aromatic carbocycles. The second kappa shape index (κ2) is 5.02. The van der Waals surface area contributed by atoms with Crippen molar-refractivity contribution in [3.05, 3.63) is 0 Å². The van der Waals surface area contributed by atoms with E-state index in [2.05, 4.69) is 25.3 Å². The van der Waals surface area contributed by atoms with Crippen LogP contribution in [0.3, 0.4) is 0 Å². The van der Waals surface area contributed by atoms with Crippen LogP contribution in [0.4, 0.5) is 0 Å². The van der Waals surface area contributed by atoms with Crippen molar-refractivity contribution >= 4 is 31.2 Å². The predicted octanol–water partition coefficient (Wildman–Crippen LogP) is 2.15. The van der Waals surface area contributed by atoms with E-state index in [0.29, 0.717) is 6.61 Å². The van der Waals surface area contributed by atoms with Crippen LogP contribution in [-0.2, 0) is 9.53 Å². The molecule has 0 rings (SSSR count). The van der Waals surface area contributed by atoms with Crippen molar-refractivity contribution in [1.29, 1.82) is 0 Å². The van der Waals surface area contributed by atoms with Crippen molar-refractivity contribution in [3.63, 3.8) is 0 Å². The average Bonchev–Trinajstić information content (AvgIpc) is 1.80. The van der Waals surface area contributed by atoms with Gasteiger partial charge in [0.2, 0.25) is 0 Å². The summed E-state index contributed by atoms with van der Waals surface area (Å²) in [6.45, 7) is 6.48. The molecule has 0 atom stereocenters. The minimum Gasteiger partial charge on any atom is -0.465 e. The third-order valence-corrected chi connectivity index (χ3v) is 1.38. The smallest absolute Gasteiger partial charge is 0.307 e. The summed E-state index contributed by atoms with van der Waals surface area (Å²) in [5.41, 5.74) is 0.0261. The van der Waals surface area contributed by atoms with E-state index in [-0.39, 0.29) is 22.4 Å². The molecule has 0 aliphatic heterocycles. The molecule has 0 radical (unpaired) electrons. The number of rotatable bonds is 3. The Morgan fingerprint density at radius 1 is 1.42 bits per heavy atom. The first-order valence-corrected chi connectivity index (χ1v) is 4.86. The molecule has 2 nitrogen and oxygen atoms in total. The van der Waals surface area contributed by atoms with E-state index in [4.69, 9.17) is 4.74 Å². The Morgan fingerprint density at radius 3 is 2.25 bits per heavy atom. The molecule has 0 aromatic heterocycles. The molecule has 0 amide bonds. The summed E-state index contributed by atoms with van der Waals surface area (Å²) in [7, 11) is 0. The van der Waals surface area contributed by atoms with E-state index < -0.39 is 0 Å². The second-order valence-corrected chi connectivity index (χ2v) is 5.56. The van der Waals surface area contributed by atoms with Crippen LogP contribution in [0.15, 0.2) is 0 Å². The van der Waals surface area contributed by atoms with E-state index in [9.17, 15) is 4.79 Å². The average molecular weight is 208 g/mol. The van der Waals surface area contributed by atoms with Gasteiger partial charge in [0.05, 0.1) is 17.6 Å². The molecule has 72 valence electrons. The number of carbonyl (C=O) groups is 1. The van der Waals surface area contributed by atoms with E-state index in [1.165, 1.54) is 0 Å². The van der Waals surface area contributed by atoms with Crippen molar-refractivity contribution in [2.45, 2.75) is 31.8 Å². The van der Waals surface area contributed by atoms with E-state index in [1.54, 1.807) is 0 Å². The Labute approximate surface area is 84.9 Å². The van der Waals surface area contributed by atoms with E-state index in [0.717, 1.165) is 0 Å². The van der Waals surface area contributed by atoms with Gasteiger partial charge in [-0.15, -0.1) is 0 Å². The minimum atomic E-state index is -0.236. The molecule has 0 bridgehead atoms. The number of carbonyl (C=O) groups excluding carboxylic acids is 1. The Morgan fingerprint density at radius 2 is 1.92 bits per heavy atom. The third-order valence-electron chi connectivity index (χ3n) is 1.02. The fourth-order valence-corrected chi connectivity index (χ4v) is 0.803. The lowest BCUT2D eigenvalue weighted by Gasteiger charge is -2.17. The first kappa shape index (κ1) is 12.2. The topological polar surface area (TPSA) is 26.3 Å². The van der Waals surface area contributed by atoms with Gasteiger partial charge in [-0.3, -0.25) is 4.79 Å². The molecule has 0 saturated carbocycles. The van der Waals surface area contributed by atoms with Gasteiger partial charge in [-0.2, -0.15) is 25.3 Å². The van der Waals surface area contributed by atoms with Crippen LogP contribution in [0.25, 0.3) is 0 Å². The molecule has 12 heavy (non-hydrogen) atoms. The Hall–Kier alpha value is 0.170. The van der Waals surface area contributed by atoms with Gasteiger partial charge in [-0.25, -0.2) is 0 Å². The normalized spacial score (nSPS) is 11.8. The number of hydrogen-bond donors (Lipinski definition) is 2. The molecule has 0 N–H and O–H groups in total. The van der Waals surface area contributed by atoms with Crippen LogP contribution in [-0.4, -0.2) is 17.2 Å². The van der Waals surface area contributed by atoms with Gasteiger partial charge >= 0.3 is 5.97 Å². The standard InChI is InChI=1S/C8H16O2S2/c1-8(2,3)5-10-6(9)4-7(11)12/h7,11-12H,4-5H2,1-3H3. The third kappa shape index (κ3) is 8.27. The molecule has 0 unspecified atom stereocenters. The zero-order chi connectivity index (χ0) is 9.78. The highest BCUT2D eigenvalue weighted by molar-refractivity contribution is 7.99. The summed E-state index contributed by atoms with van der Waals surface area (Å²) in [5, 5.41) is 0. The maximum Gasteiger partial charge on any atom is 0.307 e. The van der Waals surface area contributed by atoms with Crippen molar-refractivity contribution in [2.75, 3.05) is 6.61 Å². The quantitative estimate of drug-likeness (QED) is 0.422. The lowest BCUT2D eigenvalue weighted by atomic mass is 9.99. The number of esters is 1. The van der Waals surface area contributed by atoms with Crippen LogP contribution in [0, 0.1) is 5.41 Å². The molecule has 4 heteroatoms. The molecule has 0 fully saturated rings. The Balaban J connectivity index is 3.58. The molecular formula is C8H16O2S2. The highest BCUT2D eigenvalue weighted by Gasteiger charge is 2.14. The summed E-state index contributed by atoms with van der Waals surface area (Å²) in [6.07, 6.45) is 0.252. The summed E-state index contributed by atoms with van der Waals surface area (Å²) in [5.74, 6) is -0.236. The van der Waals surface area contributed by atoms with Gasteiger partial charge in [0.1, 0.15) is 0 Å². The van der Waals surface area contributed by atoms with Gasteiger partial charge < -0.3 is 4.74 Å². The van der Waals surface area contributed by atoms with Crippen molar-refractivity contribution < 1.29 is 9.53 Å². The van der Waals surface area contributed by atoms with Gasteiger partial charge in [0.25, 0.3) is 0 Å².